The molecule has 0 aliphatic carbocycles. The molecule has 0 bridgehead atoms. The van der Waals surface area contributed by atoms with Gasteiger partial charge in [-0.25, -0.2) is 9.67 Å². The minimum absolute atomic E-state index is 0.146. The van der Waals surface area contributed by atoms with Crippen LogP contribution in [0.25, 0.3) is 5.82 Å². The van der Waals surface area contributed by atoms with Gasteiger partial charge in [0.15, 0.2) is 11.9 Å². The highest BCUT2D eigenvalue weighted by atomic mass is 19.4. The number of aromatic nitrogens is 3. The number of amides is 2. The molecule has 3 heterocycles. The molecule has 3 aromatic rings. The molecule has 2 N–H and O–H groups in total. The number of alkyl halides is 3. The van der Waals surface area contributed by atoms with Gasteiger partial charge in [-0.15, -0.1) is 0 Å². The third-order valence-corrected chi connectivity index (χ3v) is 4.71. The SMILES string of the molecule is Cc1c(C(=O)Nc2ccc3c(c2)NC(=O)C(C)O3)cnn1-c1ccc(C(F)(F)F)cn1. The molecule has 0 saturated heterocycles. The van der Waals surface area contributed by atoms with E-state index in [1.54, 1.807) is 32.0 Å². The van der Waals surface area contributed by atoms with Gasteiger partial charge in [0.05, 0.1) is 28.7 Å². The van der Waals surface area contributed by atoms with Gasteiger partial charge in [0.25, 0.3) is 11.8 Å². The monoisotopic (exact) mass is 431 g/mol. The van der Waals surface area contributed by atoms with Crippen molar-refractivity contribution in [3.63, 3.8) is 0 Å². The maximum Gasteiger partial charge on any atom is 0.417 e. The molecular weight excluding hydrogens is 415 g/mol. The lowest BCUT2D eigenvalue weighted by molar-refractivity contribution is -0.137. The Hall–Kier alpha value is -3.89. The van der Waals surface area contributed by atoms with Crippen LogP contribution < -0.4 is 15.4 Å². The van der Waals surface area contributed by atoms with Gasteiger partial charge in [0, 0.05) is 11.9 Å². The minimum atomic E-state index is -4.49. The molecule has 1 aliphatic rings. The summed E-state index contributed by atoms with van der Waals surface area (Å²) >= 11 is 0. The maximum absolute atomic E-state index is 12.7. The molecule has 0 fully saturated rings. The Morgan fingerprint density at radius 2 is 2.00 bits per heavy atom. The first-order chi connectivity index (χ1) is 14.6. The fourth-order valence-corrected chi connectivity index (χ4v) is 3.03. The summed E-state index contributed by atoms with van der Waals surface area (Å²) < 4.78 is 44.9. The van der Waals surface area contributed by atoms with Crippen molar-refractivity contribution in [2.45, 2.75) is 26.1 Å². The summed E-state index contributed by atoms with van der Waals surface area (Å²) in [6, 6.07) is 6.89. The molecule has 0 spiro atoms. The van der Waals surface area contributed by atoms with Crippen molar-refractivity contribution in [3.8, 4) is 11.6 Å². The van der Waals surface area contributed by atoms with E-state index in [0.29, 0.717) is 29.0 Å². The second-order valence-corrected chi connectivity index (χ2v) is 6.87. The lowest BCUT2D eigenvalue weighted by Gasteiger charge is -2.23. The summed E-state index contributed by atoms with van der Waals surface area (Å²) in [5.74, 6) is -0.140. The smallest absolute Gasteiger partial charge is 0.417 e. The maximum atomic E-state index is 12.7. The predicted molar refractivity (Wildman–Crippen MR) is 104 cm³/mol. The van der Waals surface area contributed by atoms with Gasteiger partial charge in [-0.3, -0.25) is 9.59 Å². The Balaban J connectivity index is 1.54. The Morgan fingerprint density at radius 1 is 1.23 bits per heavy atom. The fourth-order valence-electron chi connectivity index (χ4n) is 3.03. The number of fused-ring (bicyclic) bond motifs is 1. The van der Waals surface area contributed by atoms with Gasteiger partial charge in [0.1, 0.15) is 5.75 Å². The van der Waals surface area contributed by atoms with Crippen LogP contribution in [0.1, 0.15) is 28.5 Å². The van der Waals surface area contributed by atoms with Crippen LogP contribution in [0.2, 0.25) is 0 Å². The average molecular weight is 431 g/mol. The van der Waals surface area contributed by atoms with E-state index >= 15 is 0 Å². The number of benzene rings is 1. The largest absolute Gasteiger partial charge is 0.479 e. The second kappa shape index (κ2) is 7.42. The molecule has 1 aliphatic heterocycles. The van der Waals surface area contributed by atoms with Crippen LogP contribution in [-0.2, 0) is 11.0 Å². The van der Waals surface area contributed by atoms with Crippen molar-refractivity contribution in [3.05, 3.63) is 59.5 Å². The zero-order valence-electron chi connectivity index (χ0n) is 16.3. The number of nitrogens with zero attached hydrogens (tertiary/aromatic N) is 3. The zero-order valence-corrected chi connectivity index (χ0v) is 16.3. The van der Waals surface area contributed by atoms with Gasteiger partial charge in [-0.1, -0.05) is 0 Å². The molecule has 11 heteroatoms. The normalized spacial score (nSPS) is 15.6. The van der Waals surface area contributed by atoms with Gasteiger partial charge in [-0.2, -0.15) is 18.3 Å². The summed E-state index contributed by atoms with van der Waals surface area (Å²) in [4.78, 5) is 28.3. The molecule has 1 aromatic carbocycles. The van der Waals surface area contributed by atoms with Crippen molar-refractivity contribution >= 4 is 23.2 Å². The lowest BCUT2D eigenvalue weighted by atomic mass is 10.2. The van der Waals surface area contributed by atoms with Gasteiger partial charge in [0.2, 0.25) is 0 Å². The van der Waals surface area contributed by atoms with Crippen LogP contribution in [0, 0.1) is 6.92 Å². The quantitative estimate of drug-likeness (QED) is 0.661. The standard InChI is InChI=1S/C20H16F3N5O3/c1-10-14(9-25-28(10)17-6-3-12(8-24-17)20(21,22)23)19(30)26-13-4-5-16-15(7-13)27-18(29)11(2)31-16/h3-9,11H,1-2H3,(H,26,30)(H,27,29). The van der Waals surface area contributed by atoms with Crippen molar-refractivity contribution in [2.75, 3.05) is 10.6 Å². The molecule has 0 radical (unpaired) electrons. The lowest BCUT2D eigenvalue weighted by Crippen LogP contribution is -2.34. The highest BCUT2D eigenvalue weighted by molar-refractivity contribution is 6.06. The number of carbonyl (C=O) groups is 2. The van der Waals surface area contributed by atoms with Crippen LogP contribution in [0.4, 0.5) is 24.5 Å². The van der Waals surface area contributed by atoms with Gasteiger partial charge >= 0.3 is 6.18 Å². The molecule has 4 rings (SSSR count). The predicted octanol–water partition coefficient (Wildman–Crippen LogP) is 3.57. The molecule has 1 unspecified atom stereocenters. The Labute approximate surface area is 174 Å². The summed E-state index contributed by atoms with van der Waals surface area (Å²) in [7, 11) is 0. The second-order valence-electron chi connectivity index (χ2n) is 6.87. The number of pyridine rings is 1. The summed E-state index contributed by atoms with van der Waals surface area (Å²) in [5.41, 5.74) is 0.586. The minimum Gasteiger partial charge on any atom is -0.479 e. The fraction of sp³-hybridized carbons (Fsp3) is 0.200. The van der Waals surface area contributed by atoms with Crippen molar-refractivity contribution in [2.24, 2.45) is 0 Å². The summed E-state index contributed by atoms with van der Waals surface area (Å²) in [6.45, 7) is 3.23. The number of carbonyl (C=O) groups excluding carboxylic acids is 2. The Morgan fingerprint density at radius 3 is 2.68 bits per heavy atom. The number of ether oxygens (including phenoxy) is 1. The summed E-state index contributed by atoms with van der Waals surface area (Å²) in [6.07, 6.45) is -3.09. The highest BCUT2D eigenvalue weighted by Crippen LogP contribution is 2.32. The summed E-state index contributed by atoms with van der Waals surface area (Å²) in [5, 5.41) is 9.46. The molecule has 8 nitrogen and oxygen atoms in total. The number of hydrogen-bond donors (Lipinski definition) is 2. The number of anilines is 2. The van der Waals surface area contributed by atoms with E-state index in [0.717, 1.165) is 6.07 Å². The number of rotatable bonds is 3. The first-order valence-electron chi connectivity index (χ1n) is 9.14. The van der Waals surface area contributed by atoms with Gasteiger partial charge in [-0.05, 0) is 44.2 Å². The van der Waals surface area contributed by atoms with E-state index in [1.165, 1.54) is 16.9 Å². The molecular formula is C20H16F3N5O3. The van der Waals surface area contributed by atoms with Crippen LogP contribution in [-0.4, -0.2) is 32.7 Å². The average Bonchev–Trinajstić information content (AvgIpc) is 3.10. The van der Waals surface area contributed by atoms with E-state index in [9.17, 15) is 22.8 Å². The molecule has 1 atom stereocenters. The Kier molecular flexibility index (Phi) is 4.88. The number of halogens is 3. The van der Waals surface area contributed by atoms with E-state index in [4.69, 9.17) is 4.74 Å². The van der Waals surface area contributed by atoms with Crippen LogP contribution >= 0.6 is 0 Å². The van der Waals surface area contributed by atoms with Crippen molar-refractivity contribution in [1.29, 1.82) is 0 Å². The number of hydrogen-bond acceptors (Lipinski definition) is 5. The van der Waals surface area contributed by atoms with Crippen molar-refractivity contribution < 1.29 is 27.5 Å². The van der Waals surface area contributed by atoms with E-state index in [2.05, 4.69) is 20.7 Å². The third kappa shape index (κ3) is 3.93. The van der Waals surface area contributed by atoms with Crippen LogP contribution in [0.5, 0.6) is 5.75 Å². The number of nitrogens with one attached hydrogen (secondary N) is 2. The van der Waals surface area contributed by atoms with Crippen LogP contribution in [0.3, 0.4) is 0 Å². The van der Waals surface area contributed by atoms with Crippen molar-refractivity contribution in [1.82, 2.24) is 14.8 Å². The molecule has 0 saturated carbocycles. The zero-order chi connectivity index (χ0) is 22.3. The molecule has 2 aromatic heterocycles. The molecule has 31 heavy (non-hydrogen) atoms. The van der Waals surface area contributed by atoms with Gasteiger partial charge < -0.3 is 15.4 Å². The van der Waals surface area contributed by atoms with E-state index < -0.39 is 23.8 Å². The molecule has 2 amide bonds. The first kappa shape index (κ1) is 20.4. The Bertz CT molecular complexity index is 1170. The molecule has 160 valence electrons. The van der Waals surface area contributed by atoms with E-state index in [1.807, 2.05) is 0 Å². The van der Waals surface area contributed by atoms with Crippen LogP contribution in [0.15, 0.2) is 42.7 Å². The third-order valence-electron chi connectivity index (χ3n) is 4.71. The topological polar surface area (TPSA) is 98.1 Å². The first-order valence-corrected chi connectivity index (χ1v) is 9.14. The van der Waals surface area contributed by atoms with E-state index in [-0.39, 0.29) is 17.3 Å². The highest BCUT2D eigenvalue weighted by Gasteiger charge is 2.31.